The van der Waals surface area contributed by atoms with E-state index < -0.39 is 0 Å². The first-order valence-corrected chi connectivity index (χ1v) is 17.6. The van der Waals surface area contributed by atoms with Gasteiger partial charge in [0, 0.05) is 0 Å². The zero-order chi connectivity index (χ0) is 30.5. The van der Waals surface area contributed by atoms with Gasteiger partial charge in [-0.05, 0) is 59.8 Å². The molecule has 3 aliphatic rings. The molecule has 0 radical (unpaired) electrons. The van der Waals surface area contributed by atoms with E-state index in [-0.39, 0.29) is 35.6 Å². The van der Waals surface area contributed by atoms with Gasteiger partial charge in [0.15, 0.2) is 0 Å². The van der Waals surface area contributed by atoms with Crippen LogP contribution in [0.4, 0.5) is 0 Å². The Hall–Kier alpha value is -1.40. The van der Waals surface area contributed by atoms with E-state index in [1.165, 1.54) is 93.5 Å². The van der Waals surface area contributed by atoms with E-state index in [1.54, 1.807) is 27.4 Å². The monoisotopic (exact) mass is 704 g/mol. The van der Waals surface area contributed by atoms with Gasteiger partial charge >= 0.3 is 79.8 Å². The molecule has 0 heterocycles. The number of halogens is 2. The standard InChI is InChI=1S/C27H29.C9H18.C5H5.2ClH.Zr/c1-16-7-9-26(3,4)24-12-18-11-19-13-25-21(17(2)8-10-27(25,5)6)15-23(19)22(18)14-20(16)24;1-3-5-7-9-8-6-4-2;1-2-4-5-3-1;;;/h7-8,11-15H,9-10H2,1-6H3;3-8H2,1-2H3;1-3H,4H2;2*1H;/q-1;;-1;;;+2/p-2. The summed E-state index contributed by atoms with van der Waals surface area (Å²) in [6, 6.07) is 12.3. The molecule has 0 saturated heterocycles. The van der Waals surface area contributed by atoms with Crippen LogP contribution in [0.25, 0.3) is 32.7 Å². The number of allylic oxidation sites excluding steroid dienone is 8. The predicted octanol–water partition coefficient (Wildman–Crippen LogP) is 6.28. The third-order valence-electron chi connectivity index (χ3n) is 9.38. The molecule has 3 aromatic carbocycles. The number of hydrogen-bond donors (Lipinski definition) is 0. The fourth-order valence-electron chi connectivity index (χ4n) is 6.38. The van der Waals surface area contributed by atoms with E-state index in [9.17, 15) is 0 Å². The average Bonchev–Trinajstić information content (AvgIpc) is 3.66. The Morgan fingerprint density at radius 2 is 1.23 bits per heavy atom. The van der Waals surface area contributed by atoms with Crippen LogP contribution in [0, 0.1) is 6.08 Å². The molecular formula is C41H52Cl2Zr-2. The van der Waals surface area contributed by atoms with Crippen LogP contribution in [-0.2, 0) is 35.1 Å². The molecule has 3 aliphatic carbocycles. The Labute approximate surface area is 296 Å². The second-order valence-electron chi connectivity index (χ2n) is 13.9. The third-order valence-corrected chi connectivity index (χ3v) is 10.6. The van der Waals surface area contributed by atoms with Crippen molar-refractivity contribution < 1.29 is 49.0 Å². The fourth-order valence-corrected chi connectivity index (χ4v) is 7.25. The van der Waals surface area contributed by atoms with Gasteiger partial charge in [-0.2, -0.15) is 6.08 Å². The fraction of sp³-hybridized carbons (Fsp3) is 0.463. The summed E-state index contributed by atoms with van der Waals surface area (Å²) >= 11 is 1.67. The van der Waals surface area contributed by atoms with Crippen LogP contribution in [0.3, 0.4) is 0 Å². The van der Waals surface area contributed by atoms with Crippen LogP contribution in [0.5, 0.6) is 0 Å². The van der Waals surface area contributed by atoms with Crippen LogP contribution in [-0.4, -0.2) is 3.21 Å². The number of unbranched alkanes of at least 4 members (excludes halogenated alkanes) is 2. The molecule has 3 aromatic rings. The minimum atomic E-state index is 0. The number of hydrogen-bond acceptors (Lipinski definition) is 0. The summed E-state index contributed by atoms with van der Waals surface area (Å²) in [4.78, 5) is 0. The molecule has 0 saturated carbocycles. The number of rotatable bonds is 6. The summed E-state index contributed by atoms with van der Waals surface area (Å²) in [5.41, 5.74) is 9.18. The van der Waals surface area contributed by atoms with E-state index in [4.69, 9.17) is 0 Å². The Bertz CT molecular complexity index is 1440. The van der Waals surface area contributed by atoms with Gasteiger partial charge in [-0.15, -0.1) is 46.2 Å². The predicted molar refractivity (Wildman–Crippen MR) is 185 cm³/mol. The van der Waals surface area contributed by atoms with Crippen molar-refractivity contribution in [2.75, 3.05) is 0 Å². The van der Waals surface area contributed by atoms with Gasteiger partial charge in [-0.1, -0.05) is 63.1 Å². The Morgan fingerprint density at radius 3 is 1.57 bits per heavy atom. The number of fused-ring (bicyclic) bond motifs is 5. The Kier molecular flexibility index (Phi) is 14.9. The molecule has 236 valence electrons. The van der Waals surface area contributed by atoms with E-state index in [1.807, 2.05) is 12.2 Å². The van der Waals surface area contributed by atoms with Crippen LogP contribution >= 0.6 is 0 Å². The van der Waals surface area contributed by atoms with E-state index in [0.717, 1.165) is 19.3 Å². The van der Waals surface area contributed by atoms with Crippen molar-refractivity contribution >= 4 is 35.9 Å². The molecule has 3 heteroatoms. The zero-order valence-corrected chi connectivity index (χ0v) is 32.4. The largest absolute Gasteiger partial charge is 1.00 e. The second-order valence-corrected chi connectivity index (χ2v) is 15.6. The minimum absolute atomic E-state index is 0. The van der Waals surface area contributed by atoms with E-state index >= 15 is 0 Å². The molecule has 0 aliphatic heterocycles. The Balaban J connectivity index is 0.000000332. The maximum absolute atomic E-state index is 2.99. The quantitative estimate of drug-likeness (QED) is 0.265. The van der Waals surface area contributed by atoms with Gasteiger partial charge in [-0.3, -0.25) is 6.08 Å². The van der Waals surface area contributed by atoms with Crippen molar-refractivity contribution in [2.24, 2.45) is 0 Å². The van der Waals surface area contributed by atoms with Crippen LogP contribution in [0.2, 0.25) is 0 Å². The molecular weight excluding hydrogens is 655 g/mol. The minimum Gasteiger partial charge on any atom is -1.00 e. The smallest absolute Gasteiger partial charge is 0.109 e. The van der Waals surface area contributed by atoms with E-state index in [2.05, 4.69) is 110 Å². The first kappa shape index (κ1) is 38.8. The van der Waals surface area contributed by atoms with Crippen LogP contribution in [0.1, 0.15) is 135 Å². The van der Waals surface area contributed by atoms with Gasteiger partial charge < -0.3 is 24.8 Å². The van der Waals surface area contributed by atoms with Crippen molar-refractivity contribution in [3.05, 3.63) is 89.0 Å². The van der Waals surface area contributed by atoms with Crippen molar-refractivity contribution in [1.82, 2.24) is 0 Å². The molecule has 0 N–H and O–H groups in total. The SMILES string of the molecule is CC1=CCC(C)(C)c2cc3[cH-]c4cc5c(cc4c3cc21)C(C)=CCC5(C)C.CCCC[C](=[Zr+2])CCCC.[C-]1=CC=CC1.[Cl-].[Cl-]. The maximum atomic E-state index is 2.99. The first-order chi connectivity index (χ1) is 20.0. The Morgan fingerprint density at radius 1 is 0.773 bits per heavy atom. The van der Waals surface area contributed by atoms with Crippen LogP contribution in [0.15, 0.2) is 60.7 Å². The van der Waals surface area contributed by atoms with Gasteiger partial charge in [0.1, 0.15) is 0 Å². The molecule has 0 spiro atoms. The summed E-state index contributed by atoms with van der Waals surface area (Å²) in [5, 5.41) is 5.61. The van der Waals surface area contributed by atoms with Crippen molar-refractivity contribution in [2.45, 2.75) is 124 Å². The topological polar surface area (TPSA) is 0 Å². The molecule has 0 bridgehead atoms. The normalized spacial score (nSPS) is 16.7. The van der Waals surface area contributed by atoms with Crippen molar-refractivity contribution in [1.29, 1.82) is 0 Å². The summed E-state index contributed by atoms with van der Waals surface area (Å²) in [7, 11) is 0. The first-order valence-electron chi connectivity index (χ1n) is 16.3. The third kappa shape index (κ3) is 9.11. The van der Waals surface area contributed by atoms with E-state index in [0.29, 0.717) is 0 Å². The van der Waals surface area contributed by atoms with Gasteiger partial charge in [0.25, 0.3) is 0 Å². The molecule has 0 aromatic heterocycles. The van der Waals surface area contributed by atoms with Gasteiger partial charge in [0.2, 0.25) is 0 Å². The van der Waals surface area contributed by atoms with Crippen molar-refractivity contribution in [3.63, 3.8) is 0 Å². The molecule has 0 nitrogen and oxygen atoms in total. The van der Waals surface area contributed by atoms with Crippen molar-refractivity contribution in [3.8, 4) is 0 Å². The van der Waals surface area contributed by atoms with Crippen LogP contribution < -0.4 is 24.8 Å². The molecule has 0 atom stereocenters. The summed E-state index contributed by atoms with van der Waals surface area (Å²) in [6.45, 7) is 18.6. The molecule has 0 fully saturated rings. The summed E-state index contributed by atoms with van der Waals surface area (Å²) in [6.07, 6.45) is 25.4. The number of benzene rings is 2. The molecule has 0 unspecified atom stereocenters. The summed E-state index contributed by atoms with van der Waals surface area (Å²) in [5.74, 6) is 0. The maximum Gasteiger partial charge on any atom is -0.109 e. The summed E-state index contributed by atoms with van der Waals surface area (Å²) < 4.78 is 1.79. The molecule has 44 heavy (non-hydrogen) atoms. The second kappa shape index (κ2) is 17.0. The average molecular weight is 707 g/mol. The molecule has 6 rings (SSSR count). The van der Waals surface area contributed by atoms with Gasteiger partial charge in [-0.25, -0.2) is 12.2 Å². The zero-order valence-electron chi connectivity index (χ0n) is 28.4. The molecule has 0 amide bonds. The van der Waals surface area contributed by atoms with Gasteiger partial charge in [0.05, 0.1) is 0 Å².